The fraction of sp³-hybridized carbons (Fsp3) is 0.632. The lowest BCUT2D eigenvalue weighted by Crippen LogP contribution is -2.44. The maximum Gasteiger partial charge on any atom is 0.191 e. The van der Waals surface area contributed by atoms with Gasteiger partial charge in [-0.1, -0.05) is 45.0 Å². The van der Waals surface area contributed by atoms with Gasteiger partial charge in [0.05, 0.1) is 11.5 Å². The van der Waals surface area contributed by atoms with E-state index in [0.29, 0.717) is 18.9 Å². The van der Waals surface area contributed by atoms with Crippen LogP contribution in [0.2, 0.25) is 0 Å². The Morgan fingerprint density at radius 2 is 1.92 bits per heavy atom. The number of nitrogens with zero attached hydrogens (tertiary/aromatic N) is 1. The topological polar surface area (TPSA) is 70.6 Å². The Hall–Kier alpha value is -1.56. The number of rotatable bonds is 5. The van der Waals surface area contributed by atoms with Crippen LogP contribution in [0.1, 0.15) is 45.2 Å². The first-order valence-electron chi connectivity index (χ1n) is 9.04. The van der Waals surface area contributed by atoms with Crippen molar-refractivity contribution in [2.24, 2.45) is 4.99 Å². The molecule has 1 aliphatic heterocycles. The fourth-order valence-corrected chi connectivity index (χ4v) is 4.56. The Labute approximate surface area is 152 Å². The summed E-state index contributed by atoms with van der Waals surface area (Å²) in [6.07, 6.45) is 1.52. The van der Waals surface area contributed by atoms with E-state index in [4.69, 9.17) is 0 Å². The molecular weight excluding hydrogens is 334 g/mol. The van der Waals surface area contributed by atoms with Gasteiger partial charge in [-0.25, -0.2) is 8.42 Å². The van der Waals surface area contributed by atoms with Crippen molar-refractivity contribution in [1.29, 1.82) is 0 Å². The molecule has 6 heteroatoms. The fourth-order valence-electron chi connectivity index (χ4n) is 2.89. The average Bonchev–Trinajstić information content (AvgIpc) is 2.86. The molecule has 1 aliphatic rings. The van der Waals surface area contributed by atoms with Gasteiger partial charge in [0.15, 0.2) is 15.8 Å². The zero-order valence-corrected chi connectivity index (χ0v) is 16.6. The highest BCUT2D eigenvalue weighted by Crippen LogP contribution is 2.22. The minimum atomic E-state index is -2.88. The van der Waals surface area contributed by atoms with E-state index < -0.39 is 9.84 Å². The first-order valence-corrected chi connectivity index (χ1v) is 10.9. The third kappa shape index (κ3) is 6.34. The lowest BCUT2D eigenvalue weighted by Gasteiger charge is -2.19. The quantitative estimate of drug-likeness (QED) is 0.620. The molecule has 1 atom stereocenters. The second kappa shape index (κ2) is 8.21. The summed E-state index contributed by atoms with van der Waals surface area (Å²) in [7, 11) is -2.88. The molecule has 1 heterocycles. The lowest BCUT2D eigenvalue weighted by molar-refractivity contribution is 0.590. The second-order valence-electron chi connectivity index (χ2n) is 7.70. The van der Waals surface area contributed by atoms with Crippen molar-refractivity contribution in [2.45, 2.75) is 52.0 Å². The van der Waals surface area contributed by atoms with Crippen LogP contribution in [0, 0.1) is 0 Å². The van der Waals surface area contributed by atoms with E-state index in [1.54, 1.807) is 0 Å². The maximum absolute atomic E-state index is 11.6. The number of nitrogens with one attached hydrogen (secondary N) is 2. The SMILES string of the molecule is CCNC(=NCCc1ccc(C(C)(C)C)cc1)NC1CCS(=O)(=O)C1. The molecule has 1 unspecified atom stereocenters. The number of guanidine groups is 1. The Morgan fingerprint density at radius 3 is 2.44 bits per heavy atom. The van der Waals surface area contributed by atoms with E-state index >= 15 is 0 Å². The number of benzene rings is 1. The van der Waals surface area contributed by atoms with Crippen molar-refractivity contribution in [2.75, 3.05) is 24.6 Å². The van der Waals surface area contributed by atoms with E-state index in [-0.39, 0.29) is 23.0 Å². The molecule has 2 rings (SSSR count). The predicted octanol–water partition coefficient (Wildman–Crippen LogP) is 2.27. The first kappa shape index (κ1) is 19.8. The molecule has 1 saturated heterocycles. The van der Waals surface area contributed by atoms with Crippen LogP contribution in [0.25, 0.3) is 0 Å². The summed E-state index contributed by atoms with van der Waals surface area (Å²) in [5.74, 6) is 1.17. The lowest BCUT2D eigenvalue weighted by atomic mass is 9.86. The second-order valence-corrected chi connectivity index (χ2v) is 9.93. The Kier molecular flexibility index (Phi) is 6.49. The molecule has 0 bridgehead atoms. The van der Waals surface area contributed by atoms with Gasteiger partial charge in [0, 0.05) is 19.1 Å². The highest BCUT2D eigenvalue weighted by molar-refractivity contribution is 7.91. The normalized spacial score (nSPS) is 20.5. The highest BCUT2D eigenvalue weighted by atomic mass is 32.2. The zero-order chi connectivity index (χ0) is 18.5. The smallest absolute Gasteiger partial charge is 0.191 e. The van der Waals surface area contributed by atoms with Gasteiger partial charge in [-0.15, -0.1) is 0 Å². The molecule has 0 radical (unpaired) electrons. The van der Waals surface area contributed by atoms with Crippen molar-refractivity contribution in [3.05, 3.63) is 35.4 Å². The Bertz CT molecular complexity index is 688. The predicted molar refractivity (Wildman–Crippen MR) is 105 cm³/mol. The summed E-state index contributed by atoms with van der Waals surface area (Å²) < 4.78 is 23.2. The highest BCUT2D eigenvalue weighted by Gasteiger charge is 2.28. The van der Waals surface area contributed by atoms with Gasteiger partial charge >= 0.3 is 0 Å². The van der Waals surface area contributed by atoms with Crippen LogP contribution in [-0.2, 0) is 21.7 Å². The van der Waals surface area contributed by atoms with Gasteiger partial charge in [-0.05, 0) is 36.3 Å². The molecule has 1 aromatic carbocycles. The summed E-state index contributed by atoms with van der Waals surface area (Å²) >= 11 is 0. The maximum atomic E-state index is 11.6. The van der Waals surface area contributed by atoms with Crippen molar-refractivity contribution >= 4 is 15.8 Å². The van der Waals surface area contributed by atoms with Crippen LogP contribution < -0.4 is 10.6 Å². The van der Waals surface area contributed by atoms with Gasteiger partial charge in [0.1, 0.15) is 0 Å². The van der Waals surface area contributed by atoms with E-state index in [0.717, 1.165) is 13.0 Å². The van der Waals surface area contributed by atoms with Crippen molar-refractivity contribution in [3.8, 4) is 0 Å². The average molecular weight is 366 g/mol. The van der Waals surface area contributed by atoms with Gasteiger partial charge in [-0.2, -0.15) is 0 Å². The molecule has 0 aromatic heterocycles. The molecule has 1 fully saturated rings. The molecule has 25 heavy (non-hydrogen) atoms. The van der Waals surface area contributed by atoms with Crippen LogP contribution in [-0.4, -0.2) is 45.0 Å². The van der Waals surface area contributed by atoms with E-state index in [2.05, 4.69) is 60.7 Å². The molecule has 140 valence electrons. The Morgan fingerprint density at radius 1 is 1.24 bits per heavy atom. The minimum Gasteiger partial charge on any atom is -0.357 e. The standard InChI is InChI=1S/C19H31N3O2S/c1-5-20-18(22-17-11-13-25(23,24)14-17)21-12-10-15-6-8-16(9-7-15)19(2,3)4/h6-9,17H,5,10-14H2,1-4H3,(H2,20,21,22). The van der Waals surface area contributed by atoms with Crippen LogP contribution in [0.5, 0.6) is 0 Å². The number of hydrogen-bond acceptors (Lipinski definition) is 3. The molecule has 1 aromatic rings. The van der Waals surface area contributed by atoms with Crippen molar-refractivity contribution in [3.63, 3.8) is 0 Å². The molecule has 0 amide bonds. The number of hydrogen-bond donors (Lipinski definition) is 2. The van der Waals surface area contributed by atoms with Gasteiger partial charge in [0.25, 0.3) is 0 Å². The van der Waals surface area contributed by atoms with Crippen LogP contribution in [0.15, 0.2) is 29.3 Å². The summed E-state index contributed by atoms with van der Waals surface area (Å²) in [6, 6.07) is 8.67. The summed E-state index contributed by atoms with van der Waals surface area (Å²) in [5.41, 5.74) is 2.76. The zero-order valence-electron chi connectivity index (χ0n) is 15.8. The van der Waals surface area contributed by atoms with Crippen molar-refractivity contribution in [1.82, 2.24) is 10.6 Å². The van der Waals surface area contributed by atoms with E-state index in [1.807, 2.05) is 6.92 Å². The summed E-state index contributed by atoms with van der Waals surface area (Å²) in [6.45, 7) is 10.1. The molecular formula is C19H31N3O2S. The van der Waals surface area contributed by atoms with Crippen LogP contribution >= 0.6 is 0 Å². The van der Waals surface area contributed by atoms with E-state index in [1.165, 1.54) is 11.1 Å². The van der Waals surface area contributed by atoms with Gasteiger partial charge in [0.2, 0.25) is 0 Å². The number of sulfone groups is 1. The van der Waals surface area contributed by atoms with Crippen LogP contribution in [0.4, 0.5) is 0 Å². The first-order chi connectivity index (χ1) is 11.7. The molecule has 2 N–H and O–H groups in total. The van der Waals surface area contributed by atoms with Crippen molar-refractivity contribution < 1.29 is 8.42 Å². The molecule has 5 nitrogen and oxygen atoms in total. The third-order valence-electron chi connectivity index (χ3n) is 4.41. The molecule has 0 saturated carbocycles. The van der Waals surface area contributed by atoms with Gasteiger partial charge < -0.3 is 10.6 Å². The van der Waals surface area contributed by atoms with Crippen LogP contribution in [0.3, 0.4) is 0 Å². The molecule has 0 spiro atoms. The minimum absolute atomic E-state index is 0.0335. The monoisotopic (exact) mass is 365 g/mol. The number of aliphatic imine (C=N–C) groups is 1. The summed E-state index contributed by atoms with van der Waals surface area (Å²) in [4.78, 5) is 4.59. The summed E-state index contributed by atoms with van der Waals surface area (Å²) in [5, 5.41) is 6.44. The third-order valence-corrected chi connectivity index (χ3v) is 6.18. The van der Waals surface area contributed by atoms with E-state index in [9.17, 15) is 8.42 Å². The largest absolute Gasteiger partial charge is 0.357 e. The Balaban J connectivity index is 1.90. The van der Waals surface area contributed by atoms with Gasteiger partial charge in [-0.3, -0.25) is 4.99 Å². The molecule has 0 aliphatic carbocycles.